The van der Waals surface area contributed by atoms with E-state index in [1.54, 1.807) is 40.2 Å². The number of hydrogen-bond donors (Lipinski definition) is 1. The number of halogens is 2. The van der Waals surface area contributed by atoms with Crippen LogP contribution < -0.4 is 0 Å². The van der Waals surface area contributed by atoms with Crippen molar-refractivity contribution in [2.24, 2.45) is 0 Å². The fraction of sp³-hybridized carbons (Fsp3) is 0.148. The highest BCUT2D eigenvalue weighted by Crippen LogP contribution is 2.35. The molecule has 1 unspecified atom stereocenters. The lowest BCUT2D eigenvalue weighted by Gasteiger charge is -2.23. The smallest absolute Gasteiger partial charge is 0.250 e. The predicted octanol–water partition coefficient (Wildman–Crippen LogP) is 5.31. The van der Waals surface area contributed by atoms with Crippen molar-refractivity contribution in [2.75, 3.05) is 13.2 Å². The van der Waals surface area contributed by atoms with Gasteiger partial charge in [0.1, 0.15) is 18.1 Å². The van der Waals surface area contributed by atoms with Crippen LogP contribution in [0.2, 0.25) is 5.02 Å². The number of nitrogens with one attached hydrogen (secondary N) is 1. The Kier molecular flexibility index (Phi) is 5.75. The van der Waals surface area contributed by atoms with E-state index in [-0.39, 0.29) is 18.3 Å². The van der Waals surface area contributed by atoms with Crippen LogP contribution in [0.3, 0.4) is 0 Å². The van der Waals surface area contributed by atoms with Crippen molar-refractivity contribution in [3.63, 3.8) is 0 Å². The summed E-state index contributed by atoms with van der Waals surface area (Å²) in [4.78, 5) is 22.0. The first-order valence-corrected chi connectivity index (χ1v) is 11.9. The van der Waals surface area contributed by atoms with Crippen LogP contribution in [0.4, 0.5) is 4.39 Å². The fourth-order valence-corrected chi connectivity index (χ4v) is 4.59. The summed E-state index contributed by atoms with van der Waals surface area (Å²) >= 11 is 6.06. The molecule has 0 aliphatic carbocycles. The second kappa shape index (κ2) is 9.22. The molecule has 7 nitrogen and oxygen atoms in total. The van der Waals surface area contributed by atoms with Crippen molar-refractivity contribution >= 4 is 28.5 Å². The van der Waals surface area contributed by atoms with Crippen molar-refractivity contribution in [2.45, 2.75) is 12.6 Å². The molecule has 9 heteroatoms. The molecule has 3 heterocycles. The summed E-state index contributed by atoms with van der Waals surface area (Å²) in [6.45, 7) is 0.456. The topological polar surface area (TPSA) is 76.0 Å². The minimum absolute atomic E-state index is 0.0146. The Morgan fingerprint density at radius 2 is 1.89 bits per heavy atom. The SMILES string of the molecule is O=C1COC(c2cn(-c3ccc(Cl)cc3)nc2-c2ccc(F)cc2)N1CCc1ccc2nc[nH]c2c1. The monoisotopic (exact) mass is 501 g/mol. The van der Waals surface area contributed by atoms with Gasteiger partial charge in [0.2, 0.25) is 0 Å². The Morgan fingerprint density at radius 3 is 2.69 bits per heavy atom. The molecule has 1 aliphatic heterocycles. The van der Waals surface area contributed by atoms with Crippen LogP contribution in [0.1, 0.15) is 17.4 Å². The molecule has 1 fully saturated rings. The zero-order chi connectivity index (χ0) is 24.6. The average Bonchev–Trinajstić information content (AvgIpc) is 3.62. The number of aromatic nitrogens is 4. The molecule has 6 rings (SSSR count). The molecule has 5 aromatic rings. The van der Waals surface area contributed by atoms with Gasteiger partial charge in [-0.25, -0.2) is 14.1 Å². The fourth-order valence-electron chi connectivity index (χ4n) is 4.47. The number of hydrogen-bond acceptors (Lipinski definition) is 4. The highest BCUT2D eigenvalue weighted by atomic mass is 35.5. The first-order valence-electron chi connectivity index (χ1n) is 11.5. The third-order valence-electron chi connectivity index (χ3n) is 6.31. The molecule has 2 aromatic heterocycles. The molecular formula is C27H21ClFN5O2. The minimum atomic E-state index is -0.616. The molecule has 1 saturated heterocycles. The van der Waals surface area contributed by atoms with Gasteiger partial charge in [0.25, 0.3) is 5.91 Å². The van der Waals surface area contributed by atoms with Crippen molar-refractivity contribution in [3.8, 4) is 16.9 Å². The molecule has 1 N–H and O–H groups in total. The number of carbonyl (C=O) groups is 1. The summed E-state index contributed by atoms with van der Waals surface area (Å²) in [5.74, 6) is -0.424. The maximum Gasteiger partial charge on any atom is 0.250 e. The molecular weight excluding hydrogens is 481 g/mol. The van der Waals surface area contributed by atoms with Gasteiger partial charge >= 0.3 is 0 Å². The number of ether oxygens (including phenoxy) is 1. The molecule has 1 amide bonds. The molecule has 1 aliphatic rings. The number of amides is 1. The van der Waals surface area contributed by atoms with E-state index in [4.69, 9.17) is 21.4 Å². The van der Waals surface area contributed by atoms with E-state index in [0.29, 0.717) is 23.7 Å². The number of nitrogens with zero attached hydrogens (tertiary/aromatic N) is 4. The van der Waals surface area contributed by atoms with E-state index in [2.05, 4.69) is 9.97 Å². The third kappa shape index (κ3) is 4.25. The molecule has 36 heavy (non-hydrogen) atoms. The first-order chi connectivity index (χ1) is 17.5. The Morgan fingerprint density at radius 1 is 1.08 bits per heavy atom. The molecule has 3 aromatic carbocycles. The highest BCUT2D eigenvalue weighted by molar-refractivity contribution is 6.30. The van der Waals surface area contributed by atoms with Crippen LogP contribution in [0, 0.1) is 5.82 Å². The van der Waals surface area contributed by atoms with Crippen molar-refractivity contribution in [1.82, 2.24) is 24.6 Å². The summed E-state index contributed by atoms with van der Waals surface area (Å²) in [6.07, 6.45) is 3.55. The predicted molar refractivity (Wildman–Crippen MR) is 134 cm³/mol. The van der Waals surface area contributed by atoms with Crippen LogP contribution in [0.25, 0.3) is 28.0 Å². The van der Waals surface area contributed by atoms with E-state index in [9.17, 15) is 9.18 Å². The molecule has 0 bridgehead atoms. The van der Waals surface area contributed by atoms with E-state index < -0.39 is 6.23 Å². The van der Waals surface area contributed by atoms with Crippen molar-refractivity contribution in [1.29, 1.82) is 0 Å². The molecule has 180 valence electrons. The van der Waals surface area contributed by atoms with Gasteiger partial charge in [-0.1, -0.05) is 17.7 Å². The van der Waals surface area contributed by atoms with Gasteiger partial charge in [-0.05, 0) is 72.6 Å². The maximum absolute atomic E-state index is 13.6. The van der Waals surface area contributed by atoms with Gasteiger partial charge in [0.15, 0.2) is 6.23 Å². The van der Waals surface area contributed by atoms with Crippen LogP contribution in [-0.4, -0.2) is 43.7 Å². The summed E-state index contributed by atoms with van der Waals surface area (Å²) < 4.78 is 21.3. The summed E-state index contributed by atoms with van der Waals surface area (Å²) in [7, 11) is 0. The second-order valence-corrected chi connectivity index (χ2v) is 9.05. The van der Waals surface area contributed by atoms with Crippen molar-refractivity contribution in [3.05, 3.63) is 101 Å². The molecule has 0 spiro atoms. The van der Waals surface area contributed by atoms with Gasteiger partial charge in [-0.3, -0.25) is 4.79 Å². The Labute approximate surface area is 211 Å². The van der Waals surface area contributed by atoms with Gasteiger partial charge in [-0.15, -0.1) is 0 Å². The summed E-state index contributed by atoms with van der Waals surface area (Å²) in [5, 5.41) is 5.40. The number of aromatic amines is 1. The summed E-state index contributed by atoms with van der Waals surface area (Å²) in [6, 6.07) is 19.4. The van der Waals surface area contributed by atoms with Gasteiger partial charge in [0.05, 0.1) is 23.0 Å². The number of H-pyrrole nitrogens is 1. The molecule has 1 atom stereocenters. The van der Waals surface area contributed by atoms with Gasteiger partial charge < -0.3 is 14.6 Å². The first kappa shape index (κ1) is 22.5. The quantitative estimate of drug-likeness (QED) is 0.342. The highest BCUT2D eigenvalue weighted by Gasteiger charge is 2.36. The molecule has 0 saturated carbocycles. The van der Waals surface area contributed by atoms with Crippen LogP contribution in [0.15, 0.2) is 79.3 Å². The lowest BCUT2D eigenvalue weighted by molar-refractivity contribution is -0.128. The van der Waals surface area contributed by atoms with Crippen LogP contribution in [0.5, 0.6) is 0 Å². The average molecular weight is 502 g/mol. The van der Waals surface area contributed by atoms with Crippen LogP contribution in [-0.2, 0) is 16.0 Å². The Hall–Kier alpha value is -4.01. The Balaban J connectivity index is 1.34. The van der Waals surface area contributed by atoms with Crippen molar-refractivity contribution < 1.29 is 13.9 Å². The van der Waals surface area contributed by atoms with Crippen LogP contribution >= 0.6 is 11.6 Å². The van der Waals surface area contributed by atoms with E-state index in [1.807, 2.05) is 36.5 Å². The maximum atomic E-state index is 13.6. The number of carbonyl (C=O) groups excluding carboxylic acids is 1. The lowest BCUT2D eigenvalue weighted by atomic mass is 10.1. The standard InChI is InChI=1S/C27H21ClFN5O2/c28-19-4-8-21(9-5-19)34-14-22(26(32-34)18-2-6-20(29)7-3-18)27-33(25(35)15-36-27)12-11-17-1-10-23-24(13-17)31-16-30-23/h1-10,13-14,16,27H,11-12,15H2,(H,30,31). The largest absolute Gasteiger partial charge is 0.345 e. The van der Waals surface area contributed by atoms with E-state index >= 15 is 0 Å². The van der Waals surface area contributed by atoms with E-state index in [0.717, 1.165) is 33.4 Å². The summed E-state index contributed by atoms with van der Waals surface area (Å²) in [5.41, 5.74) is 5.82. The second-order valence-electron chi connectivity index (χ2n) is 8.62. The lowest BCUT2D eigenvalue weighted by Crippen LogP contribution is -2.30. The zero-order valence-electron chi connectivity index (χ0n) is 19.1. The normalized spacial score (nSPS) is 15.8. The number of rotatable bonds is 6. The van der Waals surface area contributed by atoms with Gasteiger partial charge in [-0.2, -0.15) is 5.10 Å². The zero-order valence-corrected chi connectivity index (χ0v) is 19.8. The number of imidazole rings is 1. The minimum Gasteiger partial charge on any atom is -0.345 e. The number of fused-ring (bicyclic) bond motifs is 1. The number of benzene rings is 3. The Bertz CT molecular complexity index is 1550. The van der Waals surface area contributed by atoms with E-state index in [1.165, 1.54) is 12.1 Å². The third-order valence-corrected chi connectivity index (χ3v) is 6.56. The molecule has 0 radical (unpaired) electrons. The van der Waals surface area contributed by atoms with Gasteiger partial charge in [0, 0.05) is 28.9 Å².